The van der Waals surface area contributed by atoms with Crippen molar-refractivity contribution in [3.8, 4) is 0 Å². The molecule has 1 saturated carbocycles. The van der Waals surface area contributed by atoms with Crippen LogP contribution >= 0.6 is 0 Å². The Morgan fingerprint density at radius 2 is 2.00 bits per heavy atom. The summed E-state index contributed by atoms with van der Waals surface area (Å²) in [4.78, 5) is 0.222. The maximum atomic E-state index is 12.2. The third-order valence-corrected chi connectivity index (χ3v) is 4.88. The number of hydrogen-bond acceptors (Lipinski definition) is 4. The van der Waals surface area contributed by atoms with E-state index in [4.69, 9.17) is 10.9 Å². The van der Waals surface area contributed by atoms with Gasteiger partial charge in [0.1, 0.15) is 5.84 Å². The van der Waals surface area contributed by atoms with Crippen LogP contribution in [0.25, 0.3) is 0 Å². The van der Waals surface area contributed by atoms with Crippen molar-refractivity contribution < 1.29 is 13.6 Å². The van der Waals surface area contributed by atoms with Crippen LogP contribution in [-0.2, 0) is 10.0 Å². The minimum absolute atomic E-state index is 0.0817. The zero-order valence-electron chi connectivity index (χ0n) is 10.4. The van der Waals surface area contributed by atoms with Gasteiger partial charge in [-0.25, -0.2) is 13.1 Å². The average molecular weight is 283 g/mol. The summed E-state index contributed by atoms with van der Waals surface area (Å²) < 4.78 is 27.0. The Kier molecular flexibility index (Phi) is 4.06. The smallest absolute Gasteiger partial charge is 0.240 e. The highest BCUT2D eigenvalue weighted by Crippen LogP contribution is 2.27. The first-order valence-electron chi connectivity index (χ1n) is 6.09. The summed E-state index contributed by atoms with van der Waals surface area (Å²) in [6.45, 7) is 0. The van der Waals surface area contributed by atoms with Crippen LogP contribution in [0.5, 0.6) is 0 Å². The van der Waals surface area contributed by atoms with Crippen LogP contribution in [0.2, 0.25) is 0 Å². The van der Waals surface area contributed by atoms with Gasteiger partial charge in [0.2, 0.25) is 10.0 Å². The largest absolute Gasteiger partial charge is 0.409 e. The standard InChI is InChI=1S/C12H17N3O3S/c13-12(14-16)10-7-4-8-11(10)15-19(17,18)9-5-2-1-3-6-9/h1-3,5-6,10-11,15-16H,4,7-8H2,(H2,13,14). The van der Waals surface area contributed by atoms with Gasteiger partial charge in [0.25, 0.3) is 0 Å². The first kappa shape index (κ1) is 13.8. The first-order valence-corrected chi connectivity index (χ1v) is 7.57. The number of benzene rings is 1. The summed E-state index contributed by atoms with van der Waals surface area (Å²) in [7, 11) is -3.56. The fourth-order valence-electron chi connectivity index (χ4n) is 2.40. The van der Waals surface area contributed by atoms with Crippen molar-refractivity contribution in [1.82, 2.24) is 4.72 Å². The number of nitrogens with one attached hydrogen (secondary N) is 1. The van der Waals surface area contributed by atoms with E-state index in [1.807, 2.05) is 0 Å². The lowest BCUT2D eigenvalue weighted by Gasteiger charge is -2.19. The van der Waals surface area contributed by atoms with Crippen molar-refractivity contribution in [1.29, 1.82) is 0 Å². The number of nitrogens with zero attached hydrogens (tertiary/aromatic N) is 1. The van der Waals surface area contributed by atoms with Crippen LogP contribution in [0.15, 0.2) is 40.4 Å². The van der Waals surface area contributed by atoms with Gasteiger partial charge < -0.3 is 10.9 Å². The van der Waals surface area contributed by atoms with E-state index in [1.54, 1.807) is 18.2 Å². The Morgan fingerprint density at radius 1 is 1.32 bits per heavy atom. The Labute approximate surface area is 112 Å². The Morgan fingerprint density at radius 3 is 2.63 bits per heavy atom. The van der Waals surface area contributed by atoms with Crippen LogP contribution in [-0.4, -0.2) is 25.5 Å². The molecule has 2 unspecified atom stereocenters. The zero-order valence-corrected chi connectivity index (χ0v) is 11.2. The van der Waals surface area contributed by atoms with Crippen LogP contribution < -0.4 is 10.5 Å². The van der Waals surface area contributed by atoms with Crippen LogP contribution in [0.4, 0.5) is 0 Å². The van der Waals surface area contributed by atoms with Gasteiger partial charge in [-0.2, -0.15) is 0 Å². The number of hydrogen-bond donors (Lipinski definition) is 3. The molecule has 0 amide bonds. The molecule has 2 atom stereocenters. The predicted molar refractivity (Wildman–Crippen MR) is 71.3 cm³/mol. The van der Waals surface area contributed by atoms with Crippen LogP contribution in [0.1, 0.15) is 19.3 Å². The van der Waals surface area contributed by atoms with E-state index in [0.29, 0.717) is 6.42 Å². The molecule has 4 N–H and O–H groups in total. The number of nitrogens with two attached hydrogens (primary N) is 1. The van der Waals surface area contributed by atoms with E-state index in [9.17, 15) is 8.42 Å². The van der Waals surface area contributed by atoms with Crippen LogP contribution in [0.3, 0.4) is 0 Å². The molecule has 1 aliphatic rings. The van der Waals surface area contributed by atoms with E-state index >= 15 is 0 Å². The molecule has 6 nitrogen and oxygen atoms in total. The molecule has 1 aromatic rings. The number of oxime groups is 1. The molecule has 104 valence electrons. The third kappa shape index (κ3) is 3.05. The van der Waals surface area contributed by atoms with Crippen LogP contribution in [0, 0.1) is 5.92 Å². The highest BCUT2D eigenvalue weighted by atomic mass is 32.2. The number of sulfonamides is 1. The second-order valence-electron chi connectivity index (χ2n) is 4.60. The van der Waals surface area contributed by atoms with Crippen molar-refractivity contribution in [2.75, 3.05) is 0 Å². The van der Waals surface area contributed by atoms with Crippen molar-refractivity contribution in [3.05, 3.63) is 30.3 Å². The van der Waals surface area contributed by atoms with Gasteiger partial charge >= 0.3 is 0 Å². The van der Waals surface area contributed by atoms with Gasteiger partial charge in [0.15, 0.2) is 0 Å². The quantitative estimate of drug-likeness (QED) is 0.330. The van der Waals surface area contributed by atoms with Gasteiger partial charge in [-0.1, -0.05) is 29.8 Å². The SMILES string of the molecule is NC(=NO)C1CCCC1NS(=O)(=O)c1ccccc1. The molecule has 1 aliphatic carbocycles. The molecular formula is C12H17N3O3S. The monoisotopic (exact) mass is 283 g/mol. The summed E-state index contributed by atoms with van der Waals surface area (Å²) in [6.07, 6.45) is 2.26. The molecule has 19 heavy (non-hydrogen) atoms. The number of amidine groups is 1. The molecule has 2 rings (SSSR count). The molecule has 1 fully saturated rings. The summed E-state index contributed by atoms with van der Waals surface area (Å²) in [5, 5.41) is 11.7. The highest BCUT2D eigenvalue weighted by molar-refractivity contribution is 7.89. The van der Waals surface area contributed by atoms with Gasteiger partial charge in [0.05, 0.1) is 4.90 Å². The van der Waals surface area contributed by atoms with Crippen molar-refractivity contribution in [3.63, 3.8) is 0 Å². The Bertz CT molecular complexity index is 557. The van der Waals surface area contributed by atoms with E-state index < -0.39 is 10.0 Å². The summed E-state index contributed by atoms with van der Waals surface area (Å²) >= 11 is 0. The molecular weight excluding hydrogens is 266 g/mol. The fraction of sp³-hybridized carbons (Fsp3) is 0.417. The molecule has 0 spiro atoms. The molecule has 0 aromatic heterocycles. The van der Waals surface area contributed by atoms with E-state index in [1.165, 1.54) is 12.1 Å². The normalized spacial score (nSPS) is 24.5. The lowest BCUT2D eigenvalue weighted by Crippen LogP contribution is -2.42. The molecule has 1 aromatic carbocycles. The molecule has 7 heteroatoms. The topological polar surface area (TPSA) is 105 Å². The average Bonchev–Trinajstić information content (AvgIpc) is 2.86. The molecule has 0 saturated heterocycles. The fourth-order valence-corrected chi connectivity index (χ4v) is 3.73. The first-order chi connectivity index (χ1) is 9.04. The Balaban J connectivity index is 2.17. The second-order valence-corrected chi connectivity index (χ2v) is 6.32. The Hall–Kier alpha value is -1.60. The summed E-state index contributed by atoms with van der Waals surface area (Å²) in [5.74, 6) is -0.165. The maximum Gasteiger partial charge on any atom is 0.240 e. The van der Waals surface area contributed by atoms with E-state index in [0.717, 1.165) is 12.8 Å². The minimum Gasteiger partial charge on any atom is -0.409 e. The van der Waals surface area contributed by atoms with Gasteiger partial charge in [-0.3, -0.25) is 0 Å². The highest BCUT2D eigenvalue weighted by Gasteiger charge is 2.33. The molecule has 0 heterocycles. The van der Waals surface area contributed by atoms with Crippen molar-refractivity contribution in [2.45, 2.75) is 30.2 Å². The second kappa shape index (κ2) is 5.58. The maximum absolute atomic E-state index is 12.2. The molecule has 0 radical (unpaired) electrons. The van der Waals surface area contributed by atoms with Crippen molar-refractivity contribution in [2.24, 2.45) is 16.8 Å². The zero-order chi connectivity index (χ0) is 13.9. The molecule has 0 bridgehead atoms. The number of rotatable bonds is 4. The molecule has 0 aliphatic heterocycles. The van der Waals surface area contributed by atoms with Gasteiger partial charge in [0, 0.05) is 12.0 Å². The third-order valence-electron chi connectivity index (χ3n) is 3.37. The predicted octanol–water partition coefficient (Wildman–Crippen LogP) is 0.880. The lowest BCUT2D eigenvalue weighted by atomic mass is 10.0. The minimum atomic E-state index is -3.56. The van der Waals surface area contributed by atoms with Gasteiger partial charge in [-0.15, -0.1) is 0 Å². The summed E-state index contributed by atoms with van der Waals surface area (Å²) in [6, 6.07) is 7.86. The summed E-state index contributed by atoms with van der Waals surface area (Å²) in [5.41, 5.74) is 5.59. The van der Waals surface area contributed by atoms with Gasteiger partial charge in [-0.05, 0) is 25.0 Å². The van der Waals surface area contributed by atoms with E-state index in [2.05, 4.69) is 9.88 Å². The lowest BCUT2D eigenvalue weighted by molar-refractivity contribution is 0.312. The van der Waals surface area contributed by atoms with E-state index in [-0.39, 0.29) is 22.7 Å². The van der Waals surface area contributed by atoms with Crippen molar-refractivity contribution >= 4 is 15.9 Å².